The number of hydrogen-bond acceptors (Lipinski definition) is 9. The number of carbonyl (C=O) groups excluding carboxylic acids is 5. The van der Waals surface area contributed by atoms with Crippen molar-refractivity contribution in [3.05, 3.63) is 47.5 Å². The first-order valence-corrected chi connectivity index (χ1v) is 19.8. The van der Waals surface area contributed by atoms with E-state index in [2.05, 4.69) is 28.0 Å². The predicted octanol–water partition coefficient (Wildman–Crippen LogP) is 2.79. The Morgan fingerprint density at radius 2 is 1.76 bits per heavy atom. The number of alkyl carbamates (subject to hydrolysis) is 1. The quantitative estimate of drug-likeness (QED) is 0.357. The van der Waals surface area contributed by atoms with Crippen LogP contribution in [0, 0.1) is 11.8 Å². The van der Waals surface area contributed by atoms with E-state index in [1.807, 2.05) is 12.1 Å². The molecule has 3 heterocycles. The van der Waals surface area contributed by atoms with Gasteiger partial charge in [0.15, 0.2) is 0 Å². The Labute approximate surface area is 298 Å². The molecule has 3 N–H and O–H groups in total. The minimum atomic E-state index is -3.89. The van der Waals surface area contributed by atoms with Gasteiger partial charge in [0.05, 0.1) is 18.4 Å². The van der Waals surface area contributed by atoms with E-state index in [4.69, 9.17) is 9.47 Å². The second-order valence-corrected chi connectivity index (χ2v) is 16.9. The average molecular weight is 726 g/mol. The molecule has 15 heteroatoms. The summed E-state index contributed by atoms with van der Waals surface area (Å²) in [7, 11) is -3.89. The minimum Gasteiger partial charge on any atom is -0.450 e. The van der Waals surface area contributed by atoms with Crippen molar-refractivity contribution < 1.29 is 41.9 Å². The van der Waals surface area contributed by atoms with Crippen LogP contribution in [-0.2, 0) is 53.4 Å². The van der Waals surface area contributed by atoms with Crippen molar-refractivity contribution in [1.29, 1.82) is 0 Å². The van der Waals surface area contributed by atoms with Crippen LogP contribution >= 0.6 is 0 Å². The summed E-state index contributed by atoms with van der Waals surface area (Å²) in [6, 6.07) is 3.91. The third-order valence-corrected chi connectivity index (χ3v) is 13.3. The Balaban J connectivity index is 1.15. The van der Waals surface area contributed by atoms with Crippen molar-refractivity contribution in [2.24, 2.45) is 11.8 Å². The zero-order valence-corrected chi connectivity index (χ0v) is 29.6. The predicted molar refractivity (Wildman–Crippen MR) is 183 cm³/mol. The number of fused-ring (bicyclic) bond motifs is 3. The fourth-order valence-electron chi connectivity index (χ4n) is 8.24. The standard InChI is InChI=1S/C36H47N5O9S/c1-2-25-18-36(25,33(44)39-51(47,48)27-14-15-27)38-31(42)29-17-26-20-41(29)32(43)30(23-10-5-6-11-23)37-34(45)49-16-7-3-4-9-22-12-8-13-24-19-40(21-28(22)24)35(46)50-26/h2,8,12-13,23,25-27,29-30H,1,3-7,9-11,14-21H2,(H,37,45)(H,38,42)(H,39,44). The highest BCUT2D eigenvalue weighted by molar-refractivity contribution is 7.91. The number of amides is 5. The number of rotatable bonds is 7. The molecule has 1 saturated heterocycles. The molecular formula is C36H47N5O9S. The molecule has 5 amide bonds. The van der Waals surface area contributed by atoms with Crippen LogP contribution in [0.25, 0.3) is 0 Å². The molecule has 5 unspecified atom stereocenters. The molecule has 6 aliphatic rings. The maximum atomic E-state index is 14.5. The second kappa shape index (κ2) is 14.1. The summed E-state index contributed by atoms with van der Waals surface area (Å²) in [5.41, 5.74) is 1.75. The molecule has 4 bridgehead atoms. The fourth-order valence-corrected chi connectivity index (χ4v) is 9.61. The molecule has 276 valence electrons. The van der Waals surface area contributed by atoms with Gasteiger partial charge in [-0.15, -0.1) is 6.58 Å². The van der Waals surface area contributed by atoms with E-state index in [1.165, 1.54) is 11.0 Å². The maximum absolute atomic E-state index is 14.5. The number of benzene rings is 1. The Kier molecular flexibility index (Phi) is 9.76. The van der Waals surface area contributed by atoms with Crippen molar-refractivity contribution in [3.63, 3.8) is 0 Å². The SMILES string of the molecule is C=CC1CC1(NC(=O)C1CC2CN1C(=O)C(C1CCCC1)NC(=O)OCCCCCc1cccc3c1CN(C3)C(=O)O2)C(=O)NS(=O)(=O)C1CC1. The molecule has 1 aromatic rings. The highest BCUT2D eigenvalue weighted by Gasteiger charge is 2.62. The number of carbonyl (C=O) groups is 5. The Hall–Kier alpha value is -4.14. The second-order valence-electron chi connectivity index (χ2n) is 15.0. The van der Waals surface area contributed by atoms with Gasteiger partial charge in [-0.2, -0.15) is 0 Å². The monoisotopic (exact) mass is 725 g/mol. The summed E-state index contributed by atoms with van der Waals surface area (Å²) < 4.78 is 39.0. The molecular weight excluding hydrogens is 678 g/mol. The largest absolute Gasteiger partial charge is 0.450 e. The molecule has 4 fully saturated rings. The molecule has 3 aliphatic carbocycles. The van der Waals surface area contributed by atoms with Gasteiger partial charge in [-0.3, -0.25) is 24.0 Å². The van der Waals surface area contributed by atoms with Gasteiger partial charge in [0.2, 0.25) is 21.8 Å². The van der Waals surface area contributed by atoms with Gasteiger partial charge >= 0.3 is 12.2 Å². The Morgan fingerprint density at radius 1 is 1.00 bits per heavy atom. The summed E-state index contributed by atoms with van der Waals surface area (Å²) >= 11 is 0. The van der Waals surface area contributed by atoms with Crippen molar-refractivity contribution >= 4 is 39.9 Å². The molecule has 3 saturated carbocycles. The molecule has 51 heavy (non-hydrogen) atoms. The smallest absolute Gasteiger partial charge is 0.410 e. The minimum absolute atomic E-state index is 0.0476. The van der Waals surface area contributed by atoms with Crippen LogP contribution < -0.4 is 15.4 Å². The first-order valence-electron chi connectivity index (χ1n) is 18.3. The van der Waals surface area contributed by atoms with E-state index in [0.29, 0.717) is 45.2 Å². The molecule has 0 aromatic heterocycles. The molecule has 7 rings (SSSR count). The van der Waals surface area contributed by atoms with Crippen LogP contribution in [0.15, 0.2) is 30.9 Å². The summed E-state index contributed by atoms with van der Waals surface area (Å²) in [6.07, 6.45) is 6.78. The van der Waals surface area contributed by atoms with E-state index >= 15 is 0 Å². The van der Waals surface area contributed by atoms with Gasteiger partial charge in [0.25, 0.3) is 5.91 Å². The van der Waals surface area contributed by atoms with E-state index in [1.54, 1.807) is 4.90 Å². The molecule has 1 aromatic carbocycles. The fraction of sp³-hybridized carbons (Fsp3) is 0.639. The number of nitrogens with zero attached hydrogens (tertiary/aromatic N) is 2. The molecule has 5 atom stereocenters. The highest BCUT2D eigenvalue weighted by Crippen LogP contribution is 2.45. The van der Waals surface area contributed by atoms with Gasteiger partial charge in [-0.1, -0.05) is 37.1 Å². The lowest BCUT2D eigenvalue weighted by Gasteiger charge is -2.32. The topological polar surface area (TPSA) is 181 Å². The van der Waals surface area contributed by atoms with Crippen LogP contribution in [0.4, 0.5) is 9.59 Å². The summed E-state index contributed by atoms with van der Waals surface area (Å²) in [4.78, 5) is 71.7. The van der Waals surface area contributed by atoms with Crippen LogP contribution in [0.3, 0.4) is 0 Å². The summed E-state index contributed by atoms with van der Waals surface area (Å²) in [5.74, 6) is -2.73. The van der Waals surface area contributed by atoms with E-state index in [0.717, 1.165) is 48.8 Å². The lowest BCUT2D eigenvalue weighted by molar-refractivity contribution is -0.142. The average Bonchev–Trinajstić information content (AvgIpc) is 3.88. The van der Waals surface area contributed by atoms with Gasteiger partial charge in [0, 0.05) is 25.4 Å². The van der Waals surface area contributed by atoms with E-state index in [9.17, 15) is 32.4 Å². The Bertz CT molecular complexity index is 1710. The van der Waals surface area contributed by atoms with E-state index in [-0.39, 0.29) is 31.9 Å². The maximum Gasteiger partial charge on any atom is 0.410 e. The number of aryl methyl sites for hydroxylation is 1. The Morgan fingerprint density at radius 3 is 2.49 bits per heavy atom. The number of nitrogens with one attached hydrogen (secondary N) is 3. The van der Waals surface area contributed by atoms with Crippen LogP contribution in [0.5, 0.6) is 0 Å². The van der Waals surface area contributed by atoms with Crippen molar-refractivity contribution in [3.8, 4) is 0 Å². The molecule has 0 spiro atoms. The van der Waals surface area contributed by atoms with E-state index < -0.39 is 74.8 Å². The normalized spacial score (nSPS) is 30.3. The first kappa shape index (κ1) is 35.3. The van der Waals surface area contributed by atoms with Crippen molar-refractivity contribution in [2.75, 3.05) is 13.2 Å². The number of cyclic esters (lactones) is 1. The third-order valence-electron chi connectivity index (χ3n) is 11.4. The number of hydrogen-bond donors (Lipinski definition) is 3. The zero-order valence-electron chi connectivity index (χ0n) is 28.8. The third kappa shape index (κ3) is 7.31. The molecule has 3 aliphatic heterocycles. The molecule has 0 radical (unpaired) electrons. The van der Waals surface area contributed by atoms with Gasteiger partial charge in [-0.05, 0) is 80.4 Å². The van der Waals surface area contributed by atoms with Gasteiger partial charge < -0.3 is 25.0 Å². The lowest BCUT2D eigenvalue weighted by Crippen LogP contribution is -2.59. The first-order chi connectivity index (χ1) is 24.5. The summed E-state index contributed by atoms with van der Waals surface area (Å²) in [5, 5.41) is 4.92. The highest BCUT2D eigenvalue weighted by atomic mass is 32.2. The van der Waals surface area contributed by atoms with Crippen LogP contribution in [0.1, 0.15) is 87.3 Å². The number of sulfonamides is 1. The van der Waals surface area contributed by atoms with Crippen molar-refractivity contribution in [2.45, 2.75) is 119 Å². The summed E-state index contributed by atoms with van der Waals surface area (Å²) in [6.45, 7) is 4.63. The zero-order chi connectivity index (χ0) is 35.9. The van der Waals surface area contributed by atoms with Gasteiger partial charge in [0.1, 0.15) is 23.7 Å². The van der Waals surface area contributed by atoms with Crippen LogP contribution in [-0.4, -0.2) is 90.3 Å². The lowest BCUT2D eigenvalue weighted by atomic mass is 9.96. The van der Waals surface area contributed by atoms with Crippen LogP contribution in [0.2, 0.25) is 0 Å². The number of ether oxygens (including phenoxy) is 2. The molecule has 14 nitrogen and oxygen atoms in total. The van der Waals surface area contributed by atoms with Crippen molar-refractivity contribution in [1.82, 2.24) is 25.2 Å². The van der Waals surface area contributed by atoms with Gasteiger partial charge in [-0.25, -0.2) is 18.0 Å².